The van der Waals surface area contributed by atoms with Crippen LogP contribution in [0.25, 0.3) is 0 Å². The van der Waals surface area contributed by atoms with Crippen molar-refractivity contribution in [3.05, 3.63) is 34.9 Å². The van der Waals surface area contributed by atoms with Crippen LogP contribution in [0.3, 0.4) is 0 Å². The summed E-state index contributed by atoms with van der Waals surface area (Å²) < 4.78 is 0. The fourth-order valence-electron chi connectivity index (χ4n) is 2.95. The van der Waals surface area contributed by atoms with Crippen LogP contribution >= 0.6 is 0 Å². The lowest BCUT2D eigenvalue weighted by Crippen LogP contribution is -2.29. The summed E-state index contributed by atoms with van der Waals surface area (Å²) in [6.45, 7) is 4.88. The van der Waals surface area contributed by atoms with E-state index < -0.39 is 0 Å². The largest absolute Gasteiger partial charge is 0.352 e. The number of unbranched alkanes of at least 4 members (excludes halogenated alkanes) is 5. The van der Waals surface area contributed by atoms with Crippen molar-refractivity contribution in [2.45, 2.75) is 58.4 Å². The Kier molecular flexibility index (Phi) is 6.74. The van der Waals surface area contributed by atoms with Crippen molar-refractivity contribution in [3.8, 4) is 0 Å². The molecule has 1 aromatic carbocycles. The van der Waals surface area contributed by atoms with Gasteiger partial charge in [-0.2, -0.15) is 0 Å². The first-order valence-electron chi connectivity index (χ1n) is 8.42. The molecule has 1 amide bonds. The molecule has 0 saturated carbocycles. The minimum Gasteiger partial charge on any atom is -0.352 e. The smallest absolute Gasteiger partial charge is 0.251 e. The molecule has 0 bridgehead atoms. The first-order valence-corrected chi connectivity index (χ1v) is 8.42. The molecule has 1 aliphatic heterocycles. The third-order valence-electron chi connectivity index (χ3n) is 4.20. The van der Waals surface area contributed by atoms with Crippen molar-refractivity contribution in [3.63, 3.8) is 0 Å². The standard InChI is InChI=1S/C18H28N2O/c1-2-3-4-5-6-7-12-20-18(21)17-10-8-9-15-14-19-13-11-16(15)17/h8-10,19H,2-7,11-14H2,1H3,(H,20,21). The van der Waals surface area contributed by atoms with E-state index in [2.05, 4.69) is 23.6 Å². The normalized spacial score (nSPS) is 13.8. The van der Waals surface area contributed by atoms with Crippen molar-refractivity contribution in [1.82, 2.24) is 10.6 Å². The second kappa shape index (κ2) is 8.83. The predicted molar refractivity (Wildman–Crippen MR) is 87.6 cm³/mol. The van der Waals surface area contributed by atoms with Crippen LogP contribution in [0, 0.1) is 0 Å². The molecule has 0 fully saturated rings. The first-order chi connectivity index (χ1) is 10.3. The predicted octanol–water partition coefficient (Wildman–Crippen LogP) is 3.42. The number of benzene rings is 1. The fraction of sp³-hybridized carbons (Fsp3) is 0.611. The van der Waals surface area contributed by atoms with Gasteiger partial charge in [-0.1, -0.05) is 51.2 Å². The zero-order valence-corrected chi connectivity index (χ0v) is 13.2. The maximum absolute atomic E-state index is 12.3. The molecule has 0 aromatic heterocycles. The molecule has 3 heteroatoms. The molecule has 116 valence electrons. The molecule has 0 unspecified atom stereocenters. The highest BCUT2D eigenvalue weighted by Crippen LogP contribution is 2.18. The molecule has 0 spiro atoms. The number of hydrogen-bond acceptors (Lipinski definition) is 2. The summed E-state index contributed by atoms with van der Waals surface area (Å²) in [7, 11) is 0. The SMILES string of the molecule is CCCCCCCCNC(=O)c1cccc2c1CCNC2. The van der Waals surface area contributed by atoms with Crippen LogP contribution in [0.2, 0.25) is 0 Å². The molecule has 2 rings (SSSR count). The maximum Gasteiger partial charge on any atom is 0.251 e. The Morgan fingerprint density at radius 3 is 2.86 bits per heavy atom. The van der Waals surface area contributed by atoms with E-state index in [9.17, 15) is 4.79 Å². The molecule has 0 atom stereocenters. The van der Waals surface area contributed by atoms with Gasteiger partial charge in [0.15, 0.2) is 0 Å². The molecule has 1 aromatic rings. The highest BCUT2D eigenvalue weighted by atomic mass is 16.1. The number of carbonyl (C=O) groups excluding carboxylic acids is 1. The fourth-order valence-corrected chi connectivity index (χ4v) is 2.95. The molecule has 0 radical (unpaired) electrons. The van der Waals surface area contributed by atoms with Gasteiger partial charge in [0.1, 0.15) is 0 Å². The molecule has 1 heterocycles. The summed E-state index contributed by atoms with van der Waals surface area (Å²) in [6, 6.07) is 6.07. The average Bonchev–Trinajstić information content (AvgIpc) is 2.53. The maximum atomic E-state index is 12.3. The number of nitrogens with one attached hydrogen (secondary N) is 2. The minimum absolute atomic E-state index is 0.0994. The molecular weight excluding hydrogens is 260 g/mol. The lowest BCUT2D eigenvalue weighted by molar-refractivity contribution is 0.0951. The second-order valence-corrected chi connectivity index (χ2v) is 5.89. The van der Waals surface area contributed by atoms with Gasteiger partial charge in [-0.05, 0) is 36.6 Å². The number of hydrogen-bond donors (Lipinski definition) is 2. The van der Waals surface area contributed by atoms with Crippen LogP contribution in [0.1, 0.15) is 66.9 Å². The summed E-state index contributed by atoms with van der Waals surface area (Å²) in [6.07, 6.45) is 8.49. The van der Waals surface area contributed by atoms with E-state index in [0.29, 0.717) is 0 Å². The van der Waals surface area contributed by atoms with E-state index in [4.69, 9.17) is 0 Å². The van der Waals surface area contributed by atoms with E-state index in [1.165, 1.54) is 43.2 Å². The molecule has 21 heavy (non-hydrogen) atoms. The van der Waals surface area contributed by atoms with E-state index >= 15 is 0 Å². The molecular formula is C18H28N2O. The third kappa shape index (κ3) is 4.85. The van der Waals surface area contributed by atoms with Crippen LogP contribution in [0.4, 0.5) is 0 Å². The Labute approximate surface area is 128 Å². The summed E-state index contributed by atoms with van der Waals surface area (Å²) in [5.41, 5.74) is 3.38. The van der Waals surface area contributed by atoms with Gasteiger partial charge in [0.25, 0.3) is 5.91 Å². The summed E-state index contributed by atoms with van der Waals surface area (Å²) in [5, 5.41) is 6.43. The van der Waals surface area contributed by atoms with Crippen LogP contribution in [-0.4, -0.2) is 19.0 Å². The molecule has 3 nitrogen and oxygen atoms in total. The van der Waals surface area contributed by atoms with Gasteiger partial charge in [0.05, 0.1) is 0 Å². The van der Waals surface area contributed by atoms with E-state index in [0.717, 1.165) is 38.0 Å². The third-order valence-corrected chi connectivity index (χ3v) is 4.20. The average molecular weight is 288 g/mol. The lowest BCUT2D eigenvalue weighted by Gasteiger charge is -2.19. The van der Waals surface area contributed by atoms with Crippen LogP contribution in [-0.2, 0) is 13.0 Å². The monoisotopic (exact) mass is 288 g/mol. The van der Waals surface area contributed by atoms with Gasteiger partial charge in [-0.25, -0.2) is 0 Å². The summed E-state index contributed by atoms with van der Waals surface area (Å²) in [4.78, 5) is 12.3. The minimum atomic E-state index is 0.0994. The Morgan fingerprint density at radius 2 is 2.00 bits per heavy atom. The molecule has 0 aliphatic carbocycles. The van der Waals surface area contributed by atoms with Crippen LogP contribution < -0.4 is 10.6 Å². The van der Waals surface area contributed by atoms with Crippen LogP contribution in [0.15, 0.2) is 18.2 Å². The highest BCUT2D eigenvalue weighted by Gasteiger charge is 2.16. The molecule has 1 aliphatic rings. The van der Waals surface area contributed by atoms with Gasteiger partial charge in [-0.15, -0.1) is 0 Å². The number of amides is 1. The number of fused-ring (bicyclic) bond motifs is 1. The Hall–Kier alpha value is -1.35. The van der Waals surface area contributed by atoms with Crippen molar-refractivity contribution in [2.24, 2.45) is 0 Å². The van der Waals surface area contributed by atoms with Crippen molar-refractivity contribution in [2.75, 3.05) is 13.1 Å². The van der Waals surface area contributed by atoms with Gasteiger partial charge in [0.2, 0.25) is 0 Å². The zero-order chi connectivity index (χ0) is 14.9. The topological polar surface area (TPSA) is 41.1 Å². The summed E-state index contributed by atoms with van der Waals surface area (Å²) in [5.74, 6) is 0.0994. The van der Waals surface area contributed by atoms with E-state index in [1.807, 2.05) is 12.1 Å². The van der Waals surface area contributed by atoms with Crippen molar-refractivity contribution >= 4 is 5.91 Å². The van der Waals surface area contributed by atoms with E-state index in [-0.39, 0.29) is 5.91 Å². The Bertz CT molecular complexity index is 457. The summed E-state index contributed by atoms with van der Waals surface area (Å²) >= 11 is 0. The van der Waals surface area contributed by atoms with Crippen LogP contribution in [0.5, 0.6) is 0 Å². The van der Waals surface area contributed by atoms with Crippen molar-refractivity contribution < 1.29 is 4.79 Å². The van der Waals surface area contributed by atoms with Gasteiger partial charge >= 0.3 is 0 Å². The van der Waals surface area contributed by atoms with E-state index in [1.54, 1.807) is 0 Å². The van der Waals surface area contributed by atoms with Gasteiger partial charge in [-0.3, -0.25) is 4.79 Å². The number of carbonyl (C=O) groups is 1. The Balaban J connectivity index is 1.76. The van der Waals surface area contributed by atoms with Gasteiger partial charge in [0, 0.05) is 18.7 Å². The van der Waals surface area contributed by atoms with Gasteiger partial charge < -0.3 is 10.6 Å². The molecule has 0 saturated heterocycles. The zero-order valence-electron chi connectivity index (χ0n) is 13.2. The highest BCUT2D eigenvalue weighted by molar-refractivity contribution is 5.96. The Morgan fingerprint density at radius 1 is 1.19 bits per heavy atom. The number of rotatable bonds is 8. The lowest BCUT2D eigenvalue weighted by atomic mass is 9.95. The van der Waals surface area contributed by atoms with Crippen molar-refractivity contribution in [1.29, 1.82) is 0 Å². The molecule has 2 N–H and O–H groups in total. The quantitative estimate of drug-likeness (QED) is 0.720. The second-order valence-electron chi connectivity index (χ2n) is 5.89. The first kappa shape index (κ1) is 16.0.